The van der Waals surface area contributed by atoms with E-state index in [-0.39, 0.29) is 10.9 Å². The summed E-state index contributed by atoms with van der Waals surface area (Å²) in [5.41, 5.74) is 1.42. The van der Waals surface area contributed by atoms with Crippen molar-refractivity contribution < 1.29 is 14.3 Å². The quantitative estimate of drug-likeness (QED) is 0.287. The normalized spacial score (nSPS) is 10.4. The maximum atomic E-state index is 12.5. The van der Waals surface area contributed by atoms with Crippen LogP contribution in [0.3, 0.4) is 0 Å². The zero-order valence-electron chi connectivity index (χ0n) is 18.5. The number of aromatic nitrogens is 4. The number of amides is 2. The molecule has 3 N–H and O–H groups in total. The van der Waals surface area contributed by atoms with Crippen LogP contribution in [0.25, 0.3) is 11.4 Å². The Labute approximate surface area is 210 Å². The minimum atomic E-state index is -0.502. The van der Waals surface area contributed by atoms with Gasteiger partial charge in [0.15, 0.2) is 5.82 Å². The second kappa shape index (κ2) is 10.9. The zero-order valence-corrected chi connectivity index (χ0v) is 20.1. The lowest BCUT2D eigenvalue weighted by molar-refractivity contribution is 0.262. The summed E-state index contributed by atoms with van der Waals surface area (Å²) in [4.78, 5) is 29.3. The maximum Gasteiger partial charge on any atom is 0.323 e. The molecule has 35 heavy (non-hydrogen) atoms. The lowest BCUT2D eigenvalue weighted by atomic mass is 10.2. The van der Waals surface area contributed by atoms with Crippen LogP contribution in [0.1, 0.15) is 0 Å². The van der Waals surface area contributed by atoms with Crippen molar-refractivity contribution in [2.75, 3.05) is 30.1 Å². The third-order valence-corrected chi connectivity index (χ3v) is 5.14. The van der Waals surface area contributed by atoms with Crippen molar-refractivity contribution in [2.24, 2.45) is 0 Å². The van der Waals surface area contributed by atoms with E-state index in [1.807, 2.05) is 0 Å². The Morgan fingerprint density at radius 1 is 0.971 bits per heavy atom. The van der Waals surface area contributed by atoms with E-state index >= 15 is 0 Å². The first-order valence-corrected chi connectivity index (χ1v) is 10.9. The van der Waals surface area contributed by atoms with Crippen LogP contribution >= 0.6 is 23.2 Å². The summed E-state index contributed by atoms with van der Waals surface area (Å²) in [5.74, 6) is 1.85. The second-order valence-corrected chi connectivity index (χ2v) is 7.75. The average Bonchev–Trinajstić information content (AvgIpc) is 2.86. The zero-order chi connectivity index (χ0) is 24.8. The van der Waals surface area contributed by atoms with Crippen LogP contribution in [0.5, 0.6) is 17.4 Å². The van der Waals surface area contributed by atoms with Gasteiger partial charge in [-0.15, -0.1) is 0 Å². The van der Waals surface area contributed by atoms with Gasteiger partial charge >= 0.3 is 6.03 Å². The van der Waals surface area contributed by atoms with Crippen molar-refractivity contribution >= 4 is 46.6 Å². The van der Waals surface area contributed by atoms with E-state index in [9.17, 15) is 4.79 Å². The molecule has 0 aliphatic heterocycles. The number of carbonyl (C=O) groups excluding carboxylic acids is 1. The Morgan fingerprint density at radius 2 is 1.80 bits per heavy atom. The second-order valence-electron chi connectivity index (χ2n) is 6.91. The fourth-order valence-electron chi connectivity index (χ4n) is 3.02. The van der Waals surface area contributed by atoms with Gasteiger partial charge in [-0.2, -0.15) is 4.98 Å². The Bertz CT molecular complexity index is 1370. The first kappa shape index (κ1) is 24.0. The Morgan fingerprint density at radius 3 is 2.57 bits per heavy atom. The first-order valence-electron chi connectivity index (χ1n) is 10.2. The minimum Gasteiger partial charge on any atom is -0.495 e. The van der Waals surface area contributed by atoms with Gasteiger partial charge in [0.25, 0.3) is 0 Å². The molecule has 0 radical (unpaired) electrons. The molecule has 10 nitrogen and oxygen atoms in total. The van der Waals surface area contributed by atoms with Gasteiger partial charge in [0.05, 0.1) is 23.4 Å². The summed E-state index contributed by atoms with van der Waals surface area (Å²) < 4.78 is 11.2. The molecular weight excluding hydrogens is 493 g/mol. The largest absolute Gasteiger partial charge is 0.495 e. The highest BCUT2D eigenvalue weighted by Gasteiger charge is 2.15. The molecule has 2 aromatic carbocycles. The molecule has 2 heterocycles. The van der Waals surface area contributed by atoms with Crippen molar-refractivity contribution in [3.05, 3.63) is 71.1 Å². The SMILES string of the molecule is CNc1ncnc(-c2cccnc2Oc2ccc(NC(=O)Nc3cc(Cl)ccc3OC)cc2Cl)n1. The summed E-state index contributed by atoms with van der Waals surface area (Å²) >= 11 is 12.4. The van der Waals surface area contributed by atoms with Gasteiger partial charge in [-0.25, -0.2) is 19.7 Å². The van der Waals surface area contributed by atoms with Crippen LogP contribution in [-0.2, 0) is 0 Å². The first-order chi connectivity index (χ1) is 17.0. The average molecular weight is 512 g/mol. The fraction of sp³-hybridized carbons (Fsp3) is 0.0870. The molecule has 4 rings (SSSR count). The molecule has 12 heteroatoms. The molecule has 0 aliphatic rings. The summed E-state index contributed by atoms with van der Waals surface area (Å²) in [6.45, 7) is 0. The van der Waals surface area contributed by atoms with E-state index < -0.39 is 6.03 Å². The number of halogens is 2. The van der Waals surface area contributed by atoms with E-state index in [4.69, 9.17) is 32.7 Å². The van der Waals surface area contributed by atoms with Gasteiger partial charge in [-0.1, -0.05) is 23.2 Å². The standard InChI is InChI=1S/C23H19Cl2N7O3/c1-26-22-29-12-28-20(32-22)15-4-3-9-27-21(15)35-18-8-6-14(11-16(18)25)30-23(33)31-17-10-13(24)5-7-19(17)34-2/h3-12H,1-2H3,(H2,30,31,33)(H,26,28,29,32). The van der Waals surface area contributed by atoms with Gasteiger partial charge in [0.2, 0.25) is 11.8 Å². The van der Waals surface area contributed by atoms with Crippen LogP contribution in [0.2, 0.25) is 10.0 Å². The fourth-order valence-corrected chi connectivity index (χ4v) is 3.41. The molecule has 0 saturated heterocycles. The molecule has 0 bridgehead atoms. The molecule has 0 fully saturated rings. The smallest absolute Gasteiger partial charge is 0.323 e. The van der Waals surface area contributed by atoms with Gasteiger partial charge in [0, 0.05) is 24.0 Å². The number of carbonyl (C=O) groups is 1. The Kier molecular flexibility index (Phi) is 7.44. The van der Waals surface area contributed by atoms with Crippen molar-refractivity contribution in [2.45, 2.75) is 0 Å². The number of benzene rings is 2. The highest BCUT2D eigenvalue weighted by atomic mass is 35.5. The number of methoxy groups -OCH3 is 1. The molecule has 0 aliphatic carbocycles. The van der Waals surface area contributed by atoms with Crippen LogP contribution in [0.4, 0.5) is 22.1 Å². The van der Waals surface area contributed by atoms with Crippen molar-refractivity contribution in [1.29, 1.82) is 0 Å². The van der Waals surface area contributed by atoms with Crippen molar-refractivity contribution in [1.82, 2.24) is 19.9 Å². The molecule has 178 valence electrons. The van der Waals surface area contributed by atoms with Gasteiger partial charge < -0.3 is 25.4 Å². The summed E-state index contributed by atoms with van der Waals surface area (Å²) in [6, 6.07) is 12.7. The molecule has 0 saturated carbocycles. The van der Waals surface area contributed by atoms with E-state index in [0.717, 1.165) is 0 Å². The van der Waals surface area contributed by atoms with Gasteiger partial charge in [0.1, 0.15) is 17.8 Å². The number of pyridine rings is 1. The number of hydrogen-bond acceptors (Lipinski definition) is 8. The number of anilines is 3. The molecule has 2 amide bonds. The molecule has 2 aromatic heterocycles. The topological polar surface area (TPSA) is 123 Å². The minimum absolute atomic E-state index is 0.256. The molecule has 0 atom stereocenters. The number of hydrogen-bond donors (Lipinski definition) is 3. The summed E-state index contributed by atoms with van der Waals surface area (Å²) in [6.07, 6.45) is 2.97. The molecule has 0 spiro atoms. The molecular formula is C23H19Cl2N7O3. The van der Waals surface area contributed by atoms with Gasteiger partial charge in [-0.3, -0.25) is 0 Å². The van der Waals surface area contributed by atoms with E-state index in [1.54, 1.807) is 61.8 Å². The van der Waals surface area contributed by atoms with E-state index in [0.29, 0.717) is 45.2 Å². The van der Waals surface area contributed by atoms with E-state index in [1.165, 1.54) is 13.4 Å². The van der Waals surface area contributed by atoms with Crippen molar-refractivity contribution in [3.63, 3.8) is 0 Å². The van der Waals surface area contributed by atoms with Crippen LogP contribution < -0.4 is 25.4 Å². The highest BCUT2D eigenvalue weighted by Crippen LogP contribution is 2.35. The van der Waals surface area contributed by atoms with Gasteiger partial charge in [-0.05, 0) is 48.5 Å². The monoisotopic (exact) mass is 511 g/mol. The molecule has 4 aromatic rings. The number of ether oxygens (including phenoxy) is 2. The lowest BCUT2D eigenvalue weighted by Crippen LogP contribution is -2.19. The number of rotatable bonds is 7. The van der Waals surface area contributed by atoms with E-state index in [2.05, 4.69) is 35.9 Å². The predicted molar refractivity (Wildman–Crippen MR) is 135 cm³/mol. The number of urea groups is 1. The van der Waals surface area contributed by atoms with Crippen molar-refractivity contribution in [3.8, 4) is 28.8 Å². The van der Waals surface area contributed by atoms with Crippen LogP contribution in [-0.4, -0.2) is 40.1 Å². The lowest BCUT2D eigenvalue weighted by Gasteiger charge is -2.13. The molecule has 0 unspecified atom stereocenters. The predicted octanol–water partition coefficient (Wildman–Crippen LogP) is 5.73. The third kappa shape index (κ3) is 5.86. The van der Waals surface area contributed by atoms with Crippen LogP contribution in [0, 0.1) is 0 Å². The number of nitrogens with one attached hydrogen (secondary N) is 3. The summed E-state index contributed by atoms with van der Waals surface area (Å²) in [7, 11) is 3.21. The third-order valence-electron chi connectivity index (χ3n) is 4.61. The van der Waals surface area contributed by atoms with Crippen LogP contribution in [0.15, 0.2) is 61.1 Å². The number of nitrogens with zero attached hydrogens (tertiary/aromatic N) is 4. The highest BCUT2D eigenvalue weighted by molar-refractivity contribution is 6.32. The Balaban J connectivity index is 1.50. The maximum absolute atomic E-state index is 12.5. The Hall–Kier alpha value is -4.15. The summed E-state index contributed by atoms with van der Waals surface area (Å²) in [5, 5.41) is 8.97.